The van der Waals surface area contributed by atoms with Gasteiger partial charge in [-0.1, -0.05) is 35.9 Å². The van der Waals surface area contributed by atoms with E-state index in [1.54, 1.807) is 7.11 Å². The zero-order valence-electron chi connectivity index (χ0n) is 14.5. The molecule has 4 nitrogen and oxygen atoms in total. The van der Waals surface area contributed by atoms with E-state index >= 15 is 0 Å². The van der Waals surface area contributed by atoms with Gasteiger partial charge in [0, 0.05) is 40.8 Å². The van der Waals surface area contributed by atoms with E-state index < -0.39 is 0 Å². The number of halogens is 1. The fraction of sp³-hybridized carbons (Fsp3) is 0.190. The molecule has 2 aromatic carbocycles. The molecule has 1 aliphatic heterocycles. The number of carbonyl (C=O) groups is 1. The molecule has 1 aromatic heterocycles. The number of benzene rings is 2. The van der Waals surface area contributed by atoms with Gasteiger partial charge in [-0.25, -0.2) is 0 Å². The predicted molar refractivity (Wildman–Crippen MR) is 105 cm³/mol. The van der Waals surface area contributed by atoms with Gasteiger partial charge in [0.1, 0.15) is 5.75 Å². The lowest BCUT2D eigenvalue weighted by atomic mass is 9.98. The molecule has 1 N–H and O–H groups in total. The van der Waals surface area contributed by atoms with Crippen LogP contribution in [0.1, 0.15) is 22.3 Å². The summed E-state index contributed by atoms with van der Waals surface area (Å²) in [6.45, 7) is 1.27. The van der Waals surface area contributed by atoms with Gasteiger partial charge in [-0.3, -0.25) is 4.79 Å². The highest BCUT2D eigenvalue weighted by molar-refractivity contribution is 6.31. The predicted octanol–water partition coefficient (Wildman–Crippen LogP) is 4.76. The maximum atomic E-state index is 12.8. The van der Waals surface area contributed by atoms with Gasteiger partial charge in [-0.05, 0) is 36.3 Å². The van der Waals surface area contributed by atoms with Crippen LogP contribution < -0.4 is 4.74 Å². The van der Waals surface area contributed by atoms with Crippen LogP contribution in [0.4, 0.5) is 0 Å². The molecule has 0 bridgehead atoms. The van der Waals surface area contributed by atoms with Crippen LogP contribution in [-0.2, 0) is 0 Å². The van der Waals surface area contributed by atoms with Crippen molar-refractivity contribution in [3.8, 4) is 5.75 Å². The lowest BCUT2D eigenvalue weighted by Crippen LogP contribution is -2.34. The third-order valence-corrected chi connectivity index (χ3v) is 5.06. The van der Waals surface area contributed by atoms with E-state index in [9.17, 15) is 4.79 Å². The third kappa shape index (κ3) is 2.97. The molecule has 2 heterocycles. The summed E-state index contributed by atoms with van der Waals surface area (Å²) >= 11 is 6.06. The minimum absolute atomic E-state index is 0.00320. The van der Waals surface area contributed by atoms with Crippen LogP contribution in [0.2, 0.25) is 5.02 Å². The summed E-state index contributed by atoms with van der Waals surface area (Å²) in [6.07, 6.45) is 4.97. The number of carbonyl (C=O) groups excluding carboxylic acids is 1. The van der Waals surface area contributed by atoms with Crippen LogP contribution in [0.15, 0.2) is 54.7 Å². The molecule has 0 radical (unpaired) electrons. The number of hydrogen-bond donors (Lipinski definition) is 1. The Morgan fingerprint density at radius 3 is 2.85 bits per heavy atom. The van der Waals surface area contributed by atoms with Crippen LogP contribution >= 0.6 is 11.6 Å². The molecule has 0 spiro atoms. The molecule has 3 aromatic rings. The van der Waals surface area contributed by atoms with Crippen LogP contribution in [0.5, 0.6) is 5.75 Å². The molecule has 1 amide bonds. The summed E-state index contributed by atoms with van der Waals surface area (Å²) < 4.78 is 5.32. The average molecular weight is 367 g/mol. The maximum absolute atomic E-state index is 12.8. The first-order chi connectivity index (χ1) is 12.7. The number of hydrogen-bond acceptors (Lipinski definition) is 2. The lowest BCUT2D eigenvalue weighted by molar-refractivity contribution is 0.0769. The SMILES string of the molecule is COc1ccccc1C(=O)N1CC=C(c2c[nH]c3cc(Cl)ccc23)CC1. The topological polar surface area (TPSA) is 45.3 Å². The molecule has 4 rings (SSSR count). The molecule has 0 fully saturated rings. The number of methoxy groups -OCH3 is 1. The summed E-state index contributed by atoms with van der Waals surface area (Å²) in [4.78, 5) is 18.0. The van der Waals surface area contributed by atoms with Gasteiger partial charge < -0.3 is 14.6 Å². The monoisotopic (exact) mass is 366 g/mol. The van der Waals surface area contributed by atoms with Gasteiger partial charge in [0.15, 0.2) is 0 Å². The molecular formula is C21H19ClN2O2. The number of amides is 1. The van der Waals surface area contributed by atoms with Crippen molar-refractivity contribution in [2.24, 2.45) is 0 Å². The summed E-state index contributed by atoms with van der Waals surface area (Å²) in [5.41, 5.74) is 4.07. The molecule has 132 valence electrons. The fourth-order valence-corrected chi connectivity index (χ4v) is 3.63. The number of H-pyrrole nitrogens is 1. The van der Waals surface area contributed by atoms with Crippen molar-refractivity contribution >= 4 is 34.0 Å². The van der Waals surface area contributed by atoms with Crippen molar-refractivity contribution in [1.82, 2.24) is 9.88 Å². The second-order valence-corrected chi connectivity index (χ2v) is 6.76. The summed E-state index contributed by atoms with van der Waals surface area (Å²) in [7, 11) is 1.59. The molecule has 0 saturated carbocycles. The number of para-hydroxylation sites is 1. The molecule has 1 aliphatic rings. The van der Waals surface area contributed by atoms with Gasteiger partial charge >= 0.3 is 0 Å². The van der Waals surface area contributed by atoms with E-state index in [2.05, 4.69) is 11.1 Å². The second-order valence-electron chi connectivity index (χ2n) is 6.32. The van der Waals surface area contributed by atoms with Crippen LogP contribution in [0, 0.1) is 0 Å². The lowest BCUT2D eigenvalue weighted by Gasteiger charge is -2.27. The highest BCUT2D eigenvalue weighted by Crippen LogP contribution is 2.31. The average Bonchev–Trinajstić information content (AvgIpc) is 3.10. The molecular weight excluding hydrogens is 348 g/mol. The number of nitrogens with one attached hydrogen (secondary N) is 1. The minimum atomic E-state index is 0.00320. The first-order valence-electron chi connectivity index (χ1n) is 8.55. The molecule has 26 heavy (non-hydrogen) atoms. The number of nitrogens with zero attached hydrogens (tertiary/aromatic N) is 1. The Morgan fingerprint density at radius 2 is 2.08 bits per heavy atom. The van der Waals surface area contributed by atoms with Crippen molar-refractivity contribution in [2.75, 3.05) is 20.2 Å². The highest BCUT2D eigenvalue weighted by Gasteiger charge is 2.22. The summed E-state index contributed by atoms with van der Waals surface area (Å²) in [5.74, 6) is 0.615. The minimum Gasteiger partial charge on any atom is -0.496 e. The Labute approximate surface area is 157 Å². The number of aromatic nitrogens is 1. The standard InChI is InChI=1S/C21H19ClN2O2/c1-26-20-5-3-2-4-17(20)21(25)24-10-8-14(9-11-24)18-13-23-19-12-15(22)6-7-16(18)19/h2-8,12-13,23H,9-11H2,1H3. The number of rotatable bonds is 3. The van der Waals surface area contributed by atoms with Crippen LogP contribution in [0.3, 0.4) is 0 Å². The van der Waals surface area contributed by atoms with E-state index in [1.165, 1.54) is 11.1 Å². The van der Waals surface area contributed by atoms with Crippen molar-refractivity contribution in [2.45, 2.75) is 6.42 Å². The molecule has 0 atom stereocenters. The number of aromatic amines is 1. The zero-order chi connectivity index (χ0) is 18.1. The quantitative estimate of drug-likeness (QED) is 0.726. The van der Waals surface area contributed by atoms with Gasteiger partial charge in [0.25, 0.3) is 5.91 Å². The normalized spacial score (nSPS) is 14.4. The van der Waals surface area contributed by atoms with E-state index in [-0.39, 0.29) is 5.91 Å². The Morgan fingerprint density at radius 1 is 1.23 bits per heavy atom. The third-order valence-electron chi connectivity index (χ3n) is 4.82. The first kappa shape index (κ1) is 16.7. The van der Waals surface area contributed by atoms with Crippen LogP contribution in [-0.4, -0.2) is 36.0 Å². The van der Waals surface area contributed by atoms with E-state index in [0.29, 0.717) is 24.4 Å². The van der Waals surface area contributed by atoms with Crippen molar-refractivity contribution in [3.05, 3.63) is 70.9 Å². The first-order valence-corrected chi connectivity index (χ1v) is 8.93. The Hall–Kier alpha value is -2.72. The molecule has 0 unspecified atom stereocenters. The van der Waals surface area contributed by atoms with E-state index in [4.69, 9.17) is 16.3 Å². The van der Waals surface area contributed by atoms with E-state index in [1.807, 2.05) is 53.6 Å². The van der Waals surface area contributed by atoms with Crippen molar-refractivity contribution in [3.63, 3.8) is 0 Å². The Kier molecular flexibility index (Phi) is 4.43. The van der Waals surface area contributed by atoms with Crippen LogP contribution in [0.25, 0.3) is 16.5 Å². The summed E-state index contributed by atoms with van der Waals surface area (Å²) in [6, 6.07) is 13.2. The summed E-state index contributed by atoms with van der Waals surface area (Å²) in [5, 5.41) is 1.88. The zero-order valence-corrected chi connectivity index (χ0v) is 15.2. The second kappa shape index (κ2) is 6.89. The molecule has 5 heteroatoms. The Balaban J connectivity index is 1.57. The Bertz CT molecular complexity index is 1010. The van der Waals surface area contributed by atoms with E-state index in [0.717, 1.165) is 22.3 Å². The highest BCUT2D eigenvalue weighted by atomic mass is 35.5. The maximum Gasteiger partial charge on any atom is 0.257 e. The van der Waals surface area contributed by atoms with Gasteiger partial charge in [0.2, 0.25) is 0 Å². The smallest absolute Gasteiger partial charge is 0.257 e. The largest absolute Gasteiger partial charge is 0.496 e. The van der Waals surface area contributed by atoms with Gasteiger partial charge in [0.05, 0.1) is 12.7 Å². The van der Waals surface area contributed by atoms with Crippen molar-refractivity contribution < 1.29 is 9.53 Å². The molecule has 0 aliphatic carbocycles. The van der Waals surface area contributed by atoms with Gasteiger partial charge in [-0.15, -0.1) is 0 Å². The van der Waals surface area contributed by atoms with Gasteiger partial charge in [-0.2, -0.15) is 0 Å². The van der Waals surface area contributed by atoms with Crippen molar-refractivity contribution in [1.29, 1.82) is 0 Å². The number of fused-ring (bicyclic) bond motifs is 1. The number of ether oxygens (including phenoxy) is 1. The molecule has 0 saturated heterocycles. The fourth-order valence-electron chi connectivity index (χ4n) is 3.45.